The Balaban J connectivity index is 2.15. The van der Waals surface area contributed by atoms with Gasteiger partial charge in [-0.25, -0.2) is 0 Å². The van der Waals surface area contributed by atoms with Crippen LogP contribution < -0.4 is 5.30 Å². The lowest BCUT2D eigenvalue weighted by molar-refractivity contribution is -0.137. The van der Waals surface area contributed by atoms with E-state index in [1.807, 2.05) is 0 Å². The molecular weight excluding hydrogens is 311 g/mol. The summed E-state index contributed by atoms with van der Waals surface area (Å²) in [6.07, 6.45) is 0.0519. The molecule has 2 aromatic rings. The minimum atomic E-state index is -3.79. The molecule has 1 heterocycles. The number of aryl methyl sites for hydroxylation is 1. The topological polar surface area (TPSA) is 135 Å². The Kier molecular flexibility index (Phi) is 4.92. The lowest BCUT2D eigenvalue weighted by atomic mass is 10.2. The van der Waals surface area contributed by atoms with Gasteiger partial charge in [-0.3, -0.25) is 9.36 Å². The number of carbonyl (C=O) groups is 1. The van der Waals surface area contributed by atoms with Crippen molar-refractivity contribution >= 4 is 18.9 Å². The molecule has 0 saturated carbocycles. The summed E-state index contributed by atoms with van der Waals surface area (Å²) < 4.78 is 16.2. The molecule has 1 atom stereocenters. The van der Waals surface area contributed by atoms with E-state index in [1.54, 1.807) is 12.1 Å². The molecular formula is C12H13N4O5P. The van der Waals surface area contributed by atoms with Crippen LogP contribution in [0.15, 0.2) is 24.3 Å². The minimum absolute atomic E-state index is 0.0970. The first kappa shape index (κ1) is 16.2. The number of carboxylic acid groups (broad SMARTS) is 1. The molecule has 1 aromatic heterocycles. The van der Waals surface area contributed by atoms with Crippen LogP contribution in [-0.2, 0) is 20.3 Å². The summed E-state index contributed by atoms with van der Waals surface area (Å²) in [5.41, 5.74) is 0.560. The summed E-state index contributed by atoms with van der Waals surface area (Å²) in [6, 6.07) is 5.96. The molecule has 22 heavy (non-hydrogen) atoms. The molecule has 10 heteroatoms. The van der Waals surface area contributed by atoms with Gasteiger partial charge in [0, 0.05) is 19.1 Å². The Bertz CT molecular complexity index is 704. The van der Waals surface area contributed by atoms with Gasteiger partial charge < -0.3 is 14.5 Å². The first-order chi connectivity index (χ1) is 10.4. The fourth-order valence-electron chi connectivity index (χ4n) is 1.59. The monoisotopic (exact) mass is 324 g/mol. The lowest BCUT2D eigenvalue weighted by Gasteiger charge is -2.08. The first-order valence-electron chi connectivity index (χ1n) is 6.20. The highest BCUT2D eigenvalue weighted by atomic mass is 31.2. The molecule has 0 bridgehead atoms. The van der Waals surface area contributed by atoms with Crippen LogP contribution in [0.25, 0.3) is 11.4 Å². The van der Waals surface area contributed by atoms with Crippen LogP contribution >= 0.6 is 7.60 Å². The Morgan fingerprint density at radius 3 is 2.27 bits per heavy atom. The summed E-state index contributed by atoms with van der Waals surface area (Å²) in [5.74, 6) is -0.479. The second-order valence-corrected chi connectivity index (χ2v) is 6.21. The quantitative estimate of drug-likeness (QED) is 0.724. The number of aliphatic carboxylic acids is 1. The van der Waals surface area contributed by atoms with Gasteiger partial charge in [-0.1, -0.05) is 12.1 Å². The van der Waals surface area contributed by atoms with Crippen LogP contribution in [0.3, 0.4) is 0 Å². The maximum Gasteiger partial charge on any atom is 0.358 e. The number of carboxylic acids is 1. The average Bonchev–Trinajstić information content (AvgIpc) is 2.53. The van der Waals surface area contributed by atoms with E-state index in [0.29, 0.717) is 5.56 Å². The second kappa shape index (κ2) is 6.69. The molecule has 1 aromatic carbocycles. The summed E-state index contributed by atoms with van der Waals surface area (Å²) in [6.45, 7) is 0. The predicted molar refractivity (Wildman–Crippen MR) is 75.5 cm³/mol. The van der Waals surface area contributed by atoms with Gasteiger partial charge in [0.15, 0.2) is 5.82 Å². The second-order valence-electron chi connectivity index (χ2n) is 4.28. The number of hydrogen-bond donors (Lipinski definition) is 2. The van der Waals surface area contributed by atoms with Crippen molar-refractivity contribution in [1.82, 2.24) is 20.4 Å². The van der Waals surface area contributed by atoms with Crippen molar-refractivity contribution in [3.8, 4) is 11.4 Å². The Hall–Kier alpha value is -2.22. The molecule has 0 radical (unpaired) electrons. The number of aromatic nitrogens is 4. The average molecular weight is 324 g/mol. The largest absolute Gasteiger partial charge is 0.481 e. The minimum Gasteiger partial charge on any atom is -0.481 e. The third-order valence-corrected chi connectivity index (χ3v) is 4.23. The van der Waals surface area contributed by atoms with Crippen LogP contribution in [0.4, 0.5) is 0 Å². The Morgan fingerprint density at radius 1 is 1.18 bits per heavy atom. The molecule has 0 aliphatic carbocycles. The van der Waals surface area contributed by atoms with Crippen LogP contribution in [0.2, 0.25) is 0 Å². The fraction of sp³-hybridized carbons (Fsp3) is 0.250. The third kappa shape index (κ3) is 3.91. The maximum absolute atomic E-state index is 11.6. The Labute approximate surface area is 125 Å². The lowest BCUT2D eigenvalue weighted by Crippen LogP contribution is -2.07. The molecule has 9 nitrogen and oxygen atoms in total. The molecule has 1 unspecified atom stereocenters. The van der Waals surface area contributed by atoms with Crippen molar-refractivity contribution in [3.63, 3.8) is 0 Å². The van der Waals surface area contributed by atoms with Crippen molar-refractivity contribution < 1.29 is 23.9 Å². The number of nitrogens with zero attached hydrogens (tertiary/aromatic N) is 4. The maximum atomic E-state index is 11.6. The van der Waals surface area contributed by atoms with Gasteiger partial charge in [0.25, 0.3) is 0 Å². The van der Waals surface area contributed by atoms with E-state index in [4.69, 9.17) is 5.11 Å². The third-order valence-electron chi connectivity index (χ3n) is 2.78. The zero-order valence-corrected chi connectivity index (χ0v) is 12.5. The van der Waals surface area contributed by atoms with Crippen LogP contribution in [0.5, 0.6) is 0 Å². The highest BCUT2D eigenvalue weighted by Gasteiger charge is 2.20. The van der Waals surface area contributed by atoms with Crippen molar-refractivity contribution in [2.75, 3.05) is 7.11 Å². The molecule has 0 aliphatic heterocycles. The van der Waals surface area contributed by atoms with E-state index < -0.39 is 13.6 Å². The van der Waals surface area contributed by atoms with Gasteiger partial charge in [-0.15, -0.1) is 20.4 Å². The first-order valence-corrected chi connectivity index (χ1v) is 7.78. The van der Waals surface area contributed by atoms with Gasteiger partial charge >= 0.3 is 13.6 Å². The number of rotatable bonds is 6. The molecule has 0 spiro atoms. The van der Waals surface area contributed by atoms with Gasteiger partial charge in [0.2, 0.25) is 5.82 Å². The van der Waals surface area contributed by atoms with Gasteiger partial charge in [-0.2, -0.15) is 0 Å². The summed E-state index contributed by atoms with van der Waals surface area (Å²) in [7, 11) is -2.64. The molecule has 0 fully saturated rings. The van der Waals surface area contributed by atoms with E-state index >= 15 is 0 Å². The zero-order chi connectivity index (χ0) is 16.2. The summed E-state index contributed by atoms with van der Waals surface area (Å²) in [4.78, 5) is 20.0. The number of hydrogen-bond acceptors (Lipinski definition) is 7. The summed E-state index contributed by atoms with van der Waals surface area (Å²) >= 11 is 0. The van der Waals surface area contributed by atoms with E-state index in [2.05, 4.69) is 24.9 Å². The molecule has 2 N–H and O–H groups in total. The standard InChI is InChI=1S/C12H13N4O5P/c1-21-22(19,20)9-4-2-8(3-5-9)12-15-13-10(14-16-12)6-7-11(17)18/h2-5H,6-7H2,1H3,(H,17,18)(H,19,20). The van der Waals surface area contributed by atoms with Crippen LogP contribution in [0.1, 0.15) is 12.2 Å². The van der Waals surface area contributed by atoms with Crippen molar-refractivity contribution in [2.24, 2.45) is 0 Å². The SMILES string of the molecule is COP(=O)(O)c1ccc(-c2nnc(CCC(=O)O)nn2)cc1. The Morgan fingerprint density at radius 2 is 1.77 bits per heavy atom. The van der Waals surface area contributed by atoms with Gasteiger partial charge in [0.05, 0.1) is 11.7 Å². The van der Waals surface area contributed by atoms with Crippen molar-refractivity contribution in [3.05, 3.63) is 30.1 Å². The highest BCUT2D eigenvalue weighted by molar-refractivity contribution is 7.61. The molecule has 0 amide bonds. The van der Waals surface area contributed by atoms with E-state index in [1.165, 1.54) is 12.1 Å². The molecule has 0 aliphatic rings. The predicted octanol–water partition coefficient (Wildman–Crippen LogP) is 0.408. The molecule has 0 saturated heterocycles. The fourth-order valence-corrected chi connectivity index (χ4v) is 2.33. The highest BCUT2D eigenvalue weighted by Crippen LogP contribution is 2.39. The van der Waals surface area contributed by atoms with Crippen molar-refractivity contribution in [1.29, 1.82) is 0 Å². The molecule has 116 valence electrons. The zero-order valence-electron chi connectivity index (χ0n) is 11.6. The normalized spacial score (nSPS) is 13.5. The summed E-state index contributed by atoms with van der Waals surface area (Å²) in [5, 5.41) is 24.0. The van der Waals surface area contributed by atoms with E-state index in [9.17, 15) is 14.3 Å². The number of benzene rings is 1. The van der Waals surface area contributed by atoms with Crippen LogP contribution in [0, 0.1) is 0 Å². The van der Waals surface area contributed by atoms with Gasteiger partial charge in [0.1, 0.15) is 0 Å². The van der Waals surface area contributed by atoms with E-state index in [0.717, 1.165) is 7.11 Å². The van der Waals surface area contributed by atoms with Crippen molar-refractivity contribution in [2.45, 2.75) is 12.8 Å². The van der Waals surface area contributed by atoms with E-state index in [-0.39, 0.29) is 29.8 Å². The smallest absolute Gasteiger partial charge is 0.358 e. The van der Waals surface area contributed by atoms with Gasteiger partial charge in [-0.05, 0) is 12.1 Å². The molecule has 2 rings (SSSR count). The van der Waals surface area contributed by atoms with Crippen LogP contribution in [-0.4, -0.2) is 43.5 Å².